The second-order valence-corrected chi connectivity index (χ2v) is 11.0. The Balaban J connectivity index is 2.77. The van der Waals surface area contributed by atoms with Crippen molar-refractivity contribution in [3.05, 3.63) is 48.6 Å². The minimum Gasteiger partial charge on any atom is -0.445 e. The zero-order valence-electron chi connectivity index (χ0n) is 24.2. The minimum absolute atomic E-state index is 0.110. The van der Waals surface area contributed by atoms with E-state index in [1.807, 2.05) is 65.8 Å². The number of aliphatic hydroxyl groups excluding tert-OH is 3. The van der Waals surface area contributed by atoms with Crippen molar-refractivity contribution in [2.75, 3.05) is 7.11 Å². The molecule has 38 heavy (non-hydrogen) atoms. The molecule has 11 atom stereocenters. The predicted octanol–water partition coefficient (Wildman–Crippen LogP) is 4.50. The number of primary amides is 1. The topological polar surface area (TPSA) is 131 Å². The molecule has 8 nitrogen and oxygen atoms in total. The summed E-state index contributed by atoms with van der Waals surface area (Å²) in [5.41, 5.74) is 6.35. The Morgan fingerprint density at radius 2 is 1.74 bits per heavy atom. The SMILES string of the molecule is C=C/C=C\[C@H](C)[C@H](OC(N)=O)[C@@H](C)[C@H](O)[C@@H](C)C/C(C)=C\[C@H](C)[C@@H](O)C(C)/C=C\C1C[C@H](O)C[C@@H](OC)O1. The van der Waals surface area contributed by atoms with Gasteiger partial charge in [0, 0.05) is 43.6 Å². The number of rotatable bonds is 15. The molecule has 0 aromatic carbocycles. The molecule has 0 saturated carbocycles. The first kappa shape index (κ1) is 34.1. The Labute approximate surface area is 229 Å². The van der Waals surface area contributed by atoms with E-state index in [1.165, 1.54) is 0 Å². The summed E-state index contributed by atoms with van der Waals surface area (Å²) in [5, 5.41) is 32.0. The van der Waals surface area contributed by atoms with E-state index in [1.54, 1.807) is 19.3 Å². The first-order chi connectivity index (χ1) is 17.8. The van der Waals surface area contributed by atoms with E-state index >= 15 is 0 Å². The summed E-state index contributed by atoms with van der Waals surface area (Å²) >= 11 is 0. The number of nitrogens with two attached hydrogens (primary N) is 1. The third-order valence-electron chi connectivity index (χ3n) is 7.42. The van der Waals surface area contributed by atoms with Crippen molar-refractivity contribution in [3.8, 4) is 0 Å². The molecule has 0 aliphatic carbocycles. The summed E-state index contributed by atoms with van der Waals surface area (Å²) in [7, 11) is 1.56. The number of allylic oxidation sites excluding steroid dienone is 3. The van der Waals surface area contributed by atoms with Crippen molar-refractivity contribution in [2.24, 2.45) is 35.3 Å². The summed E-state index contributed by atoms with van der Waals surface area (Å²) < 4.78 is 16.4. The maximum absolute atomic E-state index is 11.5. The van der Waals surface area contributed by atoms with Crippen molar-refractivity contribution < 1.29 is 34.3 Å². The molecule has 1 amide bonds. The standard InChI is InChI=1S/C30H51NO7/c1-9-10-11-20(4)29(38-30(31)35)23(7)28(34)22(6)15-18(2)14-21(5)27(33)19(3)12-13-25-16-24(32)17-26(36-8)37-25/h9-14,19-29,32-34H,1,15-17H2,2-8H3,(H2,31,35)/b11-10-,13-12-,18-14-/t19?,20-,21-,22-,23-,24-,25?,26-,27-,28+,29-/m0/s1. The highest BCUT2D eigenvalue weighted by molar-refractivity contribution is 5.64. The number of methoxy groups -OCH3 is 1. The van der Waals surface area contributed by atoms with Crippen molar-refractivity contribution in [3.63, 3.8) is 0 Å². The zero-order valence-corrected chi connectivity index (χ0v) is 24.2. The second-order valence-electron chi connectivity index (χ2n) is 11.0. The maximum Gasteiger partial charge on any atom is 0.404 e. The number of aliphatic hydroxyl groups is 3. The van der Waals surface area contributed by atoms with Gasteiger partial charge in [-0.3, -0.25) is 0 Å². The van der Waals surface area contributed by atoms with E-state index in [9.17, 15) is 20.1 Å². The van der Waals surface area contributed by atoms with Gasteiger partial charge in [0.1, 0.15) is 6.10 Å². The Kier molecular flexibility index (Phi) is 15.1. The molecule has 0 aromatic rings. The molecule has 8 heteroatoms. The van der Waals surface area contributed by atoms with E-state index in [0.717, 1.165) is 5.57 Å². The summed E-state index contributed by atoms with van der Waals surface area (Å²) in [6, 6.07) is 0. The van der Waals surface area contributed by atoms with Gasteiger partial charge in [0.2, 0.25) is 0 Å². The number of carbonyl (C=O) groups excluding carboxylic acids is 1. The van der Waals surface area contributed by atoms with Gasteiger partial charge in [-0.2, -0.15) is 0 Å². The van der Waals surface area contributed by atoms with Crippen molar-refractivity contribution in [2.45, 2.75) is 97.6 Å². The van der Waals surface area contributed by atoms with E-state index < -0.39 is 36.8 Å². The van der Waals surface area contributed by atoms with Crippen LogP contribution in [0.2, 0.25) is 0 Å². The fourth-order valence-electron chi connectivity index (χ4n) is 5.21. The summed E-state index contributed by atoms with van der Waals surface area (Å²) in [6.45, 7) is 15.3. The first-order valence-electron chi connectivity index (χ1n) is 13.6. The molecule has 1 aliphatic rings. The molecule has 1 saturated heterocycles. The number of amides is 1. The van der Waals surface area contributed by atoms with E-state index in [4.69, 9.17) is 19.9 Å². The lowest BCUT2D eigenvalue weighted by Gasteiger charge is -2.33. The average molecular weight is 538 g/mol. The quantitative estimate of drug-likeness (QED) is 0.179. The highest BCUT2D eigenvalue weighted by Crippen LogP contribution is 2.29. The largest absolute Gasteiger partial charge is 0.445 e. The van der Waals surface area contributed by atoms with Crippen LogP contribution in [0.1, 0.15) is 60.8 Å². The van der Waals surface area contributed by atoms with Crippen LogP contribution in [0.25, 0.3) is 0 Å². The van der Waals surface area contributed by atoms with Gasteiger partial charge in [-0.1, -0.05) is 83.2 Å². The third-order valence-corrected chi connectivity index (χ3v) is 7.42. The van der Waals surface area contributed by atoms with Gasteiger partial charge in [-0.05, 0) is 19.3 Å². The maximum atomic E-state index is 11.5. The molecule has 1 aliphatic heterocycles. The van der Waals surface area contributed by atoms with Crippen molar-refractivity contribution >= 4 is 6.09 Å². The monoisotopic (exact) mass is 537 g/mol. The fourth-order valence-corrected chi connectivity index (χ4v) is 5.21. The van der Waals surface area contributed by atoms with Crippen LogP contribution in [0.15, 0.2) is 48.6 Å². The number of ether oxygens (including phenoxy) is 3. The zero-order chi connectivity index (χ0) is 29.0. The third kappa shape index (κ3) is 11.4. The summed E-state index contributed by atoms with van der Waals surface area (Å²) in [5.74, 6) is -0.850. The van der Waals surface area contributed by atoms with Crippen LogP contribution in [0.3, 0.4) is 0 Å². The molecule has 0 bridgehead atoms. The highest BCUT2D eigenvalue weighted by Gasteiger charge is 2.33. The van der Waals surface area contributed by atoms with Gasteiger partial charge < -0.3 is 35.3 Å². The van der Waals surface area contributed by atoms with Gasteiger partial charge in [-0.15, -0.1) is 0 Å². The molecule has 1 rings (SSSR count). The molecule has 0 spiro atoms. The molecule has 1 fully saturated rings. The second kappa shape index (κ2) is 16.9. The van der Waals surface area contributed by atoms with Gasteiger partial charge >= 0.3 is 6.09 Å². The van der Waals surface area contributed by atoms with Crippen LogP contribution >= 0.6 is 0 Å². The Hall–Kier alpha value is -1.97. The van der Waals surface area contributed by atoms with E-state index in [0.29, 0.717) is 19.3 Å². The van der Waals surface area contributed by atoms with Gasteiger partial charge in [-0.25, -0.2) is 4.79 Å². The molecule has 2 unspecified atom stereocenters. The van der Waals surface area contributed by atoms with Crippen molar-refractivity contribution in [1.29, 1.82) is 0 Å². The van der Waals surface area contributed by atoms with E-state index in [-0.39, 0.29) is 35.7 Å². The molecule has 0 aromatic heterocycles. The molecule has 1 heterocycles. The summed E-state index contributed by atoms with van der Waals surface area (Å²) in [6.07, 6.45) is 8.78. The smallest absolute Gasteiger partial charge is 0.404 e. The lowest BCUT2D eigenvalue weighted by molar-refractivity contribution is -0.191. The van der Waals surface area contributed by atoms with Crippen LogP contribution in [0, 0.1) is 29.6 Å². The van der Waals surface area contributed by atoms with E-state index in [2.05, 4.69) is 6.58 Å². The minimum atomic E-state index is -0.868. The predicted molar refractivity (Wildman–Crippen MR) is 150 cm³/mol. The lowest BCUT2D eigenvalue weighted by Crippen LogP contribution is -2.41. The number of hydrogen-bond acceptors (Lipinski definition) is 7. The molecule has 218 valence electrons. The fraction of sp³-hybridized carbons (Fsp3) is 0.700. The highest BCUT2D eigenvalue weighted by atomic mass is 16.7. The first-order valence-corrected chi connectivity index (χ1v) is 13.6. The average Bonchev–Trinajstić information content (AvgIpc) is 2.86. The Morgan fingerprint density at radius 3 is 2.32 bits per heavy atom. The van der Waals surface area contributed by atoms with Crippen molar-refractivity contribution in [1.82, 2.24) is 0 Å². The van der Waals surface area contributed by atoms with Crippen LogP contribution in [-0.4, -0.2) is 65.3 Å². The van der Waals surface area contributed by atoms with Gasteiger partial charge in [0.25, 0.3) is 0 Å². The van der Waals surface area contributed by atoms with Crippen LogP contribution in [0.5, 0.6) is 0 Å². The molecule has 0 radical (unpaired) electrons. The van der Waals surface area contributed by atoms with Gasteiger partial charge in [0.05, 0.1) is 24.4 Å². The normalized spacial score (nSPS) is 27.3. The Bertz CT molecular complexity index is 810. The molecular weight excluding hydrogens is 486 g/mol. The summed E-state index contributed by atoms with van der Waals surface area (Å²) in [4.78, 5) is 11.5. The molecule has 5 N–H and O–H groups in total. The van der Waals surface area contributed by atoms with Crippen LogP contribution < -0.4 is 5.73 Å². The Morgan fingerprint density at radius 1 is 1.08 bits per heavy atom. The number of carbonyl (C=O) groups is 1. The van der Waals surface area contributed by atoms with Crippen LogP contribution in [-0.2, 0) is 14.2 Å². The molecular formula is C30H51NO7. The van der Waals surface area contributed by atoms with Gasteiger partial charge in [0.15, 0.2) is 6.29 Å². The van der Waals surface area contributed by atoms with Crippen LogP contribution in [0.4, 0.5) is 4.79 Å². The lowest BCUT2D eigenvalue weighted by atomic mass is 9.81. The number of hydrogen-bond donors (Lipinski definition) is 4.